The molecule has 0 saturated carbocycles. The highest BCUT2D eigenvalue weighted by atomic mass is 15.4. The van der Waals surface area contributed by atoms with E-state index in [0.29, 0.717) is 0 Å². The molecule has 0 spiro atoms. The van der Waals surface area contributed by atoms with Gasteiger partial charge in [0, 0.05) is 33.8 Å². The summed E-state index contributed by atoms with van der Waals surface area (Å²) in [6, 6.07) is 56.0. The molecule has 1 aliphatic rings. The van der Waals surface area contributed by atoms with E-state index in [1.165, 1.54) is 77.9 Å². The molecular formula is C53H52N4. The molecule has 9 rings (SSSR count). The average Bonchev–Trinajstić information content (AvgIpc) is 3.77. The minimum atomic E-state index is -0.281. The Morgan fingerprint density at radius 3 is 1.81 bits per heavy atom. The lowest BCUT2D eigenvalue weighted by Gasteiger charge is -2.29. The van der Waals surface area contributed by atoms with Gasteiger partial charge in [-0.2, -0.15) is 0 Å². The molecule has 0 aliphatic carbocycles. The summed E-state index contributed by atoms with van der Waals surface area (Å²) in [7, 11) is 0. The van der Waals surface area contributed by atoms with Crippen LogP contribution in [0, 0.1) is 0 Å². The van der Waals surface area contributed by atoms with E-state index in [4.69, 9.17) is 4.98 Å². The van der Waals surface area contributed by atoms with E-state index in [1.54, 1.807) is 0 Å². The molecule has 0 N–H and O–H groups in total. The first-order chi connectivity index (χ1) is 27.3. The fraction of sp³-hybridized carbons (Fsp3) is 0.226. The Balaban J connectivity index is 1.11. The number of hydrogen-bond donors (Lipinski definition) is 0. The van der Waals surface area contributed by atoms with Crippen LogP contribution in [-0.2, 0) is 16.2 Å². The zero-order valence-corrected chi connectivity index (χ0v) is 34.5. The predicted molar refractivity (Wildman–Crippen MR) is 242 cm³/mol. The van der Waals surface area contributed by atoms with Crippen LogP contribution < -0.4 is 9.80 Å². The first-order valence-electron chi connectivity index (χ1n) is 20.2. The van der Waals surface area contributed by atoms with Gasteiger partial charge in [0.15, 0.2) is 0 Å². The fourth-order valence-electron chi connectivity index (χ4n) is 8.50. The van der Waals surface area contributed by atoms with Crippen molar-refractivity contribution in [2.75, 3.05) is 16.5 Å². The molecular weight excluding hydrogens is 693 g/mol. The van der Waals surface area contributed by atoms with E-state index >= 15 is 0 Å². The van der Waals surface area contributed by atoms with Crippen molar-refractivity contribution < 1.29 is 0 Å². The van der Waals surface area contributed by atoms with Gasteiger partial charge in [0.2, 0.25) is 0 Å². The molecule has 4 heteroatoms. The lowest BCUT2D eigenvalue weighted by Crippen LogP contribution is -2.25. The second kappa shape index (κ2) is 13.5. The topological polar surface area (TPSA) is 24.3 Å². The van der Waals surface area contributed by atoms with Crippen molar-refractivity contribution in [3.05, 3.63) is 180 Å². The van der Waals surface area contributed by atoms with Crippen molar-refractivity contribution >= 4 is 44.6 Å². The molecule has 284 valence electrons. The third-order valence-corrected chi connectivity index (χ3v) is 12.1. The average molecular weight is 745 g/mol. The lowest BCUT2D eigenvalue weighted by atomic mass is 9.77. The van der Waals surface area contributed by atoms with Crippen LogP contribution in [0.4, 0.5) is 22.7 Å². The van der Waals surface area contributed by atoms with Gasteiger partial charge in [-0.1, -0.05) is 146 Å². The van der Waals surface area contributed by atoms with E-state index < -0.39 is 0 Å². The number of para-hydroxylation sites is 3. The first-order valence-corrected chi connectivity index (χ1v) is 20.2. The zero-order valence-electron chi connectivity index (χ0n) is 34.5. The van der Waals surface area contributed by atoms with Crippen LogP contribution in [0.3, 0.4) is 0 Å². The number of anilines is 4. The van der Waals surface area contributed by atoms with Gasteiger partial charge in [0.05, 0.1) is 22.4 Å². The number of nitrogens with zero attached hydrogens (tertiary/aromatic N) is 4. The maximum atomic E-state index is 4.94. The predicted octanol–water partition coefficient (Wildman–Crippen LogP) is 14.0. The van der Waals surface area contributed by atoms with Crippen LogP contribution in [0.2, 0.25) is 0 Å². The Morgan fingerprint density at radius 2 is 1.07 bits per heavy atom. The summed E-state index contributed by atoms with van der Waals surface area (Å²) >= 11 is 0. The van der Waals surface area contributed by atoms with Crippen molar-refractivity contribution in [2.45, 2.75) is 71.6 Å². The molecule has 1 aliphatic heterocycles. The molecule has 0 atom stereocenters. The third kappa shape index (κ3) is 6.47. The van der Waals surface area contributed by atoms with Crippen molar-refractivity contribution in [1.29, 1.82) is 0 Å². The summed E-state index contributed by atoms with van der Waals surface area (Å²) < 4.78 is 2.35. The van der Waals surface area contributed by atoms with Gasteiger partial charge in [-0.25, -0.2) is 4.98 Å². The van der Waals surface area contributed by atoms with E-state index in [0.717, 1.165) is 12.5 Å². The standard InChI is InChI=1S/C53H52N4/c1-51(2,3)38-27-28-54-50(34-38)57-46-22-13-12-21-44(46)45-26-25-40(33-49(45)57)53(7,8)39-19-16-20-42(31-39)55-35-56(48-24-15-14-23-47(48)55)43-30-37(36-17-10-9-11-18-36)29-41(32-43)52(4,5)6/h9-34H,35H2,1-8H3. The highest BCUT2D eigenvalue weighted by Gasteiger charge is 2.31. The molecule has 0 fully saturated rings. The molecule has 0 bridgehead atoms. The maximum Gasteiger partial charge on any atom is 0.137 e. The monoisotopic (exact) mass is 744 g/mol. The summed E-state index contributed by atoms with van der Waals surface area (Å²) in [5.41, 5.74) is 14.5. The lowest BCUT2D eigenvalue weighted by molar-refractivity contribution is 0.588. The largest absolute Gasteiger partial charge is 0.321 e. The molecule has 3 heterocycles. The molecule has 0 amide bonds. The second-order valence-electron chi connectivity index (χ2n) is 18.3. The van der Waals surface area contributed by atoms with Gasteiger partial charge in [0.25, 0.3) is 0 Å². The summed E-state index contributed by atoms with van der Waals surface area (Å²) in [4.78, 5) is 9.88. The van der Waals surface area contributed by atoms with Crippen LogP contribution in [0.1, 0.15) is 77.6 Å². The van der Waals surface area contributed by atoms with Gasteiger partial charge in [-0.3, -0.25) is 4.57 Å². The Kier molecular flexibility index (Phi) is 8.66. The van der Waals surface area contributed by atoms with E-state index in [1.807, 2.05) is 6.20 Å². The Bertz CT molecular complexity index is 2780. The Hall–Kier alpha value is -6.13. The molecule has 8 aromatic rings. The Morgan fingerprint density at radius 1 is 0.439 bits per heavy atom. The number of benzene rings is 6. The molecule has 0 unspecified atom stereocenters. The maximum absolute atomic E-state index is 4.94. The normalized spacial score (nSPS) is 13.5. The molecule has 0 saturated heterocycles. The van der Waals surface area contributed by atoms with E-state index in [-0.39, 0.29) is 16.2 Å². The highest BCUT2D eigenvalue weighted by molar-refractivity contribution is 6.09. The molecule has 2 aromatic heterocycles. The van der Waals surface area contributed by atoms with Gasteiger partial charge in [-0.15, -0.1) is 0 Å². The molecule has 4 nitrogen and oxygen atoms in total. The summed E-state index contributed by atoms with van der Waals surface area (Å²) in [5, 5.41) is 2.48. The van der Waals surface area contributed by atoms with Crippen LogP contribution in [-0.4, -0.2) is 16.2 Å². The molecule has 0 radical (unpaired) electrons. The smallest absolute Gasteiger partial charge is 0.137 e. The van der Waals surface area contributed by atoms with Gasteiger partial charge in [-0.05, 0) is 105 Å². The minimum absolute atomic E-state index is 0.00271. The van der Waals surface area contributed by atoms with Gasteiger partial charge < -0.3 is 9.80 Å². The number of rotatable bonds is 6. The van der Waals surface area contributed by atoms with Gasteiger partial charge >= 0.3 is 0 Å². The van der Waals surface area contributed by atoms with Crippen LogP contribution in [0.25, 0.3) is 38.8 Å². The second-order valence-corrected chi connectivity index (χ2v) is 18.3. The van der Waals surface area contributed by atoms with Crippen LogP contribution >= 0.6 is 0 Å². The van der Waals surface area contributed by atoms with Crippen molar-refractivity contribution in [3.63, 3.8) is 0 Å². The van der Waals surface area contributed by atoms with E-state index in [2.05, 4.69) is 221 Å². The van der Waals surface area contributed by atoms with Crippen molar-refractivity contribution in [2.24, 2.45) is 0 Å². The van der Waals surface area contributed by atoms with Crippen molar-refractivity contribution in [3.8, 4) is 16.9 Å². The van der Waals surface area contributed by atoms with Crippen molar-refractivity contribution in [1.82, 2.24) is 9.55 Å². The molecule has 6 aromatic carbocycles. The number of hydrogen-bond acceptors (Lipinski definition) is 3. The third-order valence-electron chi connectivity index (χ3n) is 12.1. The minimum Gasteiger partial charge on any atom is -0.321 e. The fourth-order valence-corrected chi connectivity index (χ4v) is 8.50. The van der Waals surface area contributed by atoms with Crippen LogP contribution in [0.5, 0.6) is 0 Å². The number of aromatic nitrogens is 2. The summed E-state index contributed by atoms with van der Waals surface area (Å²) in [6.45, 7) is 19.1. The van der Waals surface area contributed by atoms with E-state index in [9.17, 15) is 0 Å². The SMILES string of the molecule is CC(C)(C)c1cc(-c2ccccc2)cc(N2CN(c3cccc(C(C)(C)c4ccc5c6ccccc6n(-c6cc(C(C)(C)C)ccn6)c5c4)c3)c3ccccc32)c1. The van der Waals surface area contributed by atoms with Crippen LogP contribution in [0.15, 0.2) is 158 Å². The highest BCUT2D eigenvalue weighted by Crippen LogP contribution is 2.47. The first kappa shape index (κ1) is 36.5. The zero-order chi connectivity index (χ0) is 39.7. The molecule has 57 heavy (non-hydrogen) atoms. The Labute approximate surface area is 338 Å². The van der Waals surface area contributed by atoms with Gasteiger partial charge in [0.1, 0.15) is 12.5 Å². The quantitative estimate of drug-likeness (QED) is 0.169. The summed E-state index contributed by atoms with van der Waals surface area (Å²) in [5.74, 6) is 0.951. The number of pyridine rings is 1. The summed E-state index contributed by atoms with van der Waals surface area (Å²) in [6.07, 6.45) is 1.96. The number of fused-ring (bicyclic) bond motifs is 4.